The SMILES string of the molecule is COCCNCc1cc2ccccc2n1CC1CCCC1. The Kier molecular flexibility index (Phi) is 4.94. The maximum atomic E-state index is 5.11. The first-order valence-electron chi connectivity index (χ1n) is 8.15. The lowest BCUT2D eigenvalue weighted by molar-refractivity contribution is 0.199. The summed E-state index contributed by atoms with van der Waals surface area (Å²) in [7, 11) is 1.75. The van der Waals surface area contributed by atoms with Crippen molar-refractivity contribution in [3.05, 3.63) is 36.0 Å². The molecule has 1 N–H and O–H groups in total. The third kappa shape index (κ3) is 3.47. The molecule has 2 aromatic rings. The number of fused-ring (bicyclic) bond motifs is 1. The van der Waals surface area contributed by atoms with Crippen LogP contribution in [-0.2, 0) is 17.8 Å². The highest BCUT2D eigenvalue weighted by atomic mass is 16.5. The molecule has 1 fully saturated rings. The van der Waals surface area contributed by atoms with Gasteiger partial charge in [-0.1, -0.05) is 31.0 Å². The number of methoxy groups -OCH3 is 1. The zero-order valence-electron chi connectivity index (χ0n) is 13.0. The predicted octanol–water partition coefficient (Wildman–Crippen LogP) is 3.57. The van der Waals surface area contributed by atoms with Crippen molar-refractivity contribution >= 4 is 10.9 Å². The predicted molar refractivity (Wildman–Crippen MR) is 87.5 cm³/mol. The minimum Gasteiger partial charge on any atom is -0.383 e. The topological polar surface area (TPSA) is 26.2 Å². The fraction of sp³-hybridized carbons (Fsp3) is 0.556. The van der Waals surface area contributed by atoms with Gasteiger partial charge in [-0.3, -0.25) is 0 Å². The third-order valence-electron chi connectivity index (χ3n) is 4.60. The third-order valence-corrected chi connectivity index (χ3v) is 4.60. The summed E-state index contributed by atoms with van der Waals surface area (Å²) in [5.41, 5.74) is 2.78. The van der Waals surface area contributed by atoms with Crippen molar-refractivity contribution in [2.45, 2.75) is 38.8 Å². The average molecular weight is 286 g/mol. The fourth-order valence-electron chi connectivity index (χ4n) is 3.47. The molecule has 1 aromatic heterocycles. The Bertz CT molecular complexity index is 570. The first-order chi connectivity index (χ1) is 10.4. The summed E-state index contributed by atoms with van der Waals surface area (Å²) in [6.07, 6.45) is 5.60. The lowest BCUT2D eigenvalue weighted by atomic mass is 10.1. The van der Waals surface area contributed by atoms with Crippen LogP contribution in [0.5, 0.6) is 0 Å². The van der Waals surface area contributed by atoms with Crippen LogP contribution in [0.2, 0.25) is 0 Å². The second-order valence-corrected chi connectivity index (χ2v) is 6.13. The lowest BCUT2D eigenvalue weighted by Crippen LogP contribution is -2.21. The molecule has 1 heterocycles. The molecule has 1 aromatic carbocycles. The van der Waals surface area contributed by atoms with Crippen molar-refractivity contribution in [3.8, 4) is 0 Å². The molecule has 0 atom stereocenters. The minimum absolute atomic E-state index is 0.767. The van der Waals surface area contributed by atoms with Gasteiger partial charge in [-0.05, 0) is 36.3 Å². The van der Waals surface area contributed by atoms with E-state index in [-0.39, 0.29) is 0 Å². The Labute approximate surface area is 127 Å². The van der Waals surface area contributed by atoms with Gasteiger partial charge in [0.15, 0.2) is 0 Å². The summed E-state index contributed by atoms with van der Waals surface area (Å²) in [6, 6.07) is 11.1. The van der Waals surface area contributed by atoms with Crippen LogP contribution in [0, 0.1) is 5.92 Å². The molecular formula is C18H26N2O. The summed E-state index contributed by atoms with van der Waals surface area (Å²) in [5, 5.41) is 4.84. The molecule has 1 aliphatic rings. The highest BCUT2D eigenvalue weighted by Crippen LogP contribution is 2.29. The maximum Gasteiger partial charge on any atom is 0.0587 e. The molecule has 0 bridgehead atoms. The van der Waals surface area contributed by atoms with Crippen molar-refractivity contribution in [3.63, 3.8) is 0 Å². The second kappa shape index (κ2) is 7.10. The van der Waals surface area contributed by atoms with Gasteiger partial charge in [0.1, 0.15) is 0 Å². The van der Waals surface area contributed by atoms with Crippen molar-refractivity contribution < 1.29 is 4.74 Å². The molecule has 0 spiro atoms. The van der Waals surface area contributed by atoms with E-state index in [1.165, 1.54) is 48.8 Å². The summed E-state index contributed by atoms with van der Waals surface area (Å²) in [6.45, 7) is 3.77. The minimum atomic E-state index is 0.767. The molecule has 0 radical (unpaired) electrons. The van der Waals surface area contributed by atoms with Crippen LogP contribution in [0.1, 0.15) is 31.4 Å². The smallest absolute Gasteiger partial charge is 0.0587 e. The van der Waals surface area contributed by atoms with Crippen LogP contribution >= 0.6 is 0 Å². The van der Waals surface area contributed by atoms with Gasteiger partial charge in [0, 0.05) is 38.0 Å². The largest absolute Gasteiger partial charge is 0.383 e. The Hall–Kier alpha value is -1.32. The standard InChI is InChI=1S/C18H26N2O/c1-21-11-10-19-13-17-12-16-8-4-5-9-18(16)20(17)14-15-6-2-3-7-15/h4-5,8-9,12,15,19H,2-3,6-7,10-11,13-14H2,1H3. The van der Waals surface area contributed by atoms with Crippen molar-refractivity contribution in [1.82, 2.24) is 9.88 Å². The highest BCUT2D eigenvalue weighted by Gasteiger charge is 2.18. The van der Waals surface area contributed by atoms with Crippen LogP contribution in [-0.4, -0.2) is 24.8 Å². The molecule has 0 aliphatic heterocycles. The van der Waals surface area contributed by atoms with Crippen LogP contribution in [0.15, 0.2) is 30.3 Å². The summed E-state index contributed by atoms with van der Waals surface area (Å²) in [4.78, 5) is 0. The monoisotopic (exact) mass is 286 g/mol. The van der Waals surface area contributed by atoms with E-state index in [1.54, 1.807) is 7.11 Å². The van der Waals surface area contributed by atoms with E-state index in [1.807, 2.05) is 0 Å². The quantitative estimate of drug-likeness (QED) is 0.788. The molecule has 0 unspecified atom stereocenters. The molecule has 3 nitrogen and oxygen atoms in total. The molecule has 0 saturated heterocycles. The number of hydrogen-bond donors (Lipinski definition) is 1. The lowest BCUT2D eigenvalue weighted by Gasteiger charge is -2.16. The van der Waals surface area contributed by atoms with E-state index in [2.05, 4.69) is 40.2 Å². The first-order valence-corrected chi connectivity index (χ1v) is 8.15. The Morgan fingerprint density at radius 1 is 1.24 bits per heavy atom. The van der Waals surface area contributed by atoms with Crippen LogP contribution in [0.25, 0.3) is 10.9 Å². The Balaban J connectivity index is 1.79. The van der Waals surface area contributed by atoms with Gasteiger partial charge < -0.3 is 14.6 Å². The van der Waals surface area contributed by atoms with Crippen molar-refractivity contribution in [1.29, 1.82) is 0 Å². The number of hydrogen-bond acceptors (Lipinski definition) is 2. The molecule has 1 saturated carbocycles. The van der Waals surface area contributed by atoms with E-state index in [0.717, 1.165) is 25.6 Å². The summed E-state index contributed by atoms with van der Waals surface area (Å²) in [5.74, 6) is 0.860. The molecule has 3 heteroatoms. The molecule has 3 rings (SSSR count). The molecule has 0 amide bonds. The molecule has 21 heavy (non-hydrogen) atoms. The van der Waals surface area contributed by atoms with Gasteiger partial charge in [0.25, 0.3) is 0 Å². The fourth-order valence-corrected chi connectivity index (χ4v) is 3.47. The van der Waals surface area contributed by atoms with E-state index < -0.39 is 0 Å². The van der Waals surface area contributed by atoms with Crippen LogP contribution in [0.4, 0.5) is 0 Å². The van der Waals surface area contributed by atoms with E-state index >= 15 is 0 Å². The van der Waals surface area contributed by atoms with Gasteiger partial charge in [-0.25, -0.2) is 0 Å². The van der Waals surface area contributed by atoms with Gasteiger partial charge >= 0.3 is 0 Å². The summed E-state index contributed by atoms with van der Waals surface area (Å²) >= 11 is 0. The van der Waals surface area contributed by atoms with E-state index in [0.29, 0.717) is 0 Å². The first kappa shape index (κ1) is 14.6. The van der Waals surface area contributed by atoms with Crippen molar-refractivity contribution in [2.75, 3.05) is 20.3 Å². The Morgan fingerprint density at radius 2 is 2.05 bits per heavy atom. The normalized spacial score (nSPS) is 16.0. The molecule has 1 aliphatic carbocycles. The number of para-hydroxylation sites is 1. The van der Waals surface area contributed by atoms with Gasteiger partial charge in [0.2, 0.25) is 0 Å². The highest BCUT2D eigenvalue weighted by molar-refractivity contribution is 5.81. The zero-order valence-corrected chi connectivity index (χ0v) is 13.0. The zero-order chi connectivity index (χ0) is 14.5. The number of nitrogens with one attached hydrogen (secondary N) is 1. The van der Waals surface area contributed by atoms with Crippen LogP contribution < -0.4 is 5.32 Å². The number of benzene rings is 1. The van der Waals surface area contributed by atoms with Gasteiger partial charge in [0.05, 0.1) is 6.61 Å². The Morgan fingerprint density at radius 3 is 2.86 bits per heavy atom. The number of ether oxygens (including phenoxy) is 1. The van der Waals surface area contributed by atoms with Gasteiger partial charge in [-0.15, -0.1) is 0 Å². The van der Waals surface area contributed by atoms with Gasteiger partial charge in [-0.2, -0.15) is 0 Å². The van der Waals surface area contributed by atoms with Crippen LogP contribution in [0.3, 0.4) is 0 Å². The van der Waals surface area contributed by atoms with E-state index in [9.17, 15) is 0 Å². The molecular weight excluding hydrogens is 260 g/mol. The summed E-state index contributed by atoms with van der Waals surface area (Å²) < 4.78 is 7.64. The number of aromatic nitrogens is 1. The number of rotatable bonds is 7. The molecule has 114 valence electrons. The maximum absolute atomic E-state index is 5.11. The second-order valence-electron chi connectivity index (χ2n) is 6.13. The van der Waals surface area contributed by atoms with Crippen molar-refractivity contribution in [2.24, 2.45) is 5.92 Å². The number of nitrogens with zero attached hydrogens (tertiary/aromatic N) is 1. The van der Waals surface area contributed by atoms with E-state index in [4.69, 9.17) is 4.74 Å². The average Bonchev–Trinajstić information content (AvgIpc) is 3.13.